The lowest BCUT2D eigenvalue weighted by Gasteiger charge is -2.16. The molecule has 0 spiro atoms. The number of aliphatic hydroxyl groups excluding tert-OH is 1. The SMILES string of the molecule is CSc1ccc(CN(C)C(=O)CCO)cc1. The van der Waals surface area contributed by atoms with Gasteiger partial charge in [-0.3, -0.25) is 4.79 Å². The Labute approximate surface area is 100 Å². The predicted molar refractivity (Wildman–Crippen MR) is 66.4 cm³/mol. The molecule has 1 amide bonds. The van der Waals surface area contributed by atoms with Gasteiger partial charge < -0.3 is 10.0 Å². The lowest BCUT2D eigenvalue weighted by atomic mass is 10.2. The van der Waals surface area contributed by atoms with E-state index in [1.807, 2.05) is 30.5 Å². The van der Waals surface area contributed by atoms with Gasteiger partial charge in [-0.15, -0.1) is 11.8 Å². The van der Waals surface area contributed by atoms with Crippen molar-refractivity contribution in [1.29, 1.82) is 0 Å². The molecule has 0 aliphatic carbocycles. The lowest BCUT2D eigenvalue weighted by molar-refractivity contribution is -0.131. The van der Waals surface area contributed by atoms with Crippen LogP contribution in [0, 0.1) is 0 Å². The van der Waals surface area contributed by atoms with E-state index in [4.69, 9.17) is 5.11 Å². The van der Waals surface area contributed by atoms with E-state index in [2.05, 4.69) is 0 Å². The van der Waals surface area contributed by atoms with Crippen molar-refractivity contribution in [3.63, 3.8) is 0 Å². The second-order valence-electron chi connectivity index (χ2n) is 3.57. The third kappa shape index (κ3) is 3.87. The predicted octanol–water partition coefficient (Wildman–Crippen LogP) is 1.75. The van der Waals surface area contributed by atoms with Gasteiger partial charge in [0.25, 0.3) is 0 Å². The van der Waals surface area contributed by atoms with Crippen LogP contribution < -0.4 is 0 Å². The number of aliphatic hydroxyl groups is 1. The van der Waals surface area contributed by atoms with Gasteiger partial charge in [0.1, 0.15) is 0 Å². The quantitative estimate of drug-likeness (QED) is 0.796. The second kappa shape index (κ2) is 6.55. The van der Waals surface area contributed by atoms with Crippen LogP contribution in [0.1, 0.15) is 12.0 Å². The van der Waals surface area contributed by atoms with E-state index in [1.54, 1.807) is 23.7 Å². The van der Waals surface area contributed by atoms with E-state index in [0.29, 0.717) is 6.54 Å². The molecule has 16 heavy (non-hydrogen) atoms. The Balaban J connectivity index is 2.55. The fourth-order valence-electron chi connectivity index (χ4n) is 1.38. The fraction of sp³-hybridized carbons (Fsp3) is 0.417. The highest BCUT2D eigenvalue weighted by atomic mass is 32.2. The van der Waals surface area contributed by atoms with Crippen molar-refractivity contribution < 1.29 is 9.90 Å². The van der Waals surface area contributed by atoms with E-state index < -0.39 is 0 Å². The summed E-state index contributed by atoms with van der Waals surface area (Å²) in [5.74, 6) is -0.0311. The molecule has 0 heterocycles. The van der Waals surface area contributed by atoms with Gasteiger partial charge in [0, 0.05) is 24.9 Å². The maximum absolute atomic E-state index is 11.4. The summed E-state index contributed by atoms with van der Waals surface area (Å²) < 4.78 is 0. The lowest BCUT2D eigenvalue weighted by Crippen LogP contribution is -2.26. The molecule has 0 saturated heterocycles. The number of carbonyl (C=O) groups is 1. The molecule has 0 fully saturated rings. The van der Waals surface area contributed by atoms with Crippen LogP contribution in [0.25, 0.3) is 0 Å². The molecule has 0 atom stereocenters. The number of carbonyl (C=O) groups excluding carboxylic acids is 1. The topological polar surface area (TPSA) is 40.5 Å². The first-order valence-electron chi connectivity index (χ1n) is 5.15. The number of thioether (sulfide) groups is 1. The summed E-state index contributed by atoms with van der Waals surface area (Å²) in [6.45, 7) is 0.502. The molecular formula is C12H17NO2S. The average molecular weight is 239 g/mol. The molecule has 0 aliphatic heterocycles. The molecule has 1 rings (SSSR count). The van der Waals surface area contributed by atoms with Gasteiger partial charge in [0.05, 0.1) is 6.61 Å². The zero-order valence-electron chi connectivity index (χ0n) is 9.64. The number of rotatable bonds is 5. The standard InChI is InChI=1S/C12H17NO2S/c1-13(12(15)7-8-14)9-10-3-5-11(16-2)6-4-10/h3-6,14H,7-9H2,1-2H3. The Kier molecular flexibility index (Phi) is 5.35. The second-order valence-corrected chi connectivity index (χ2v) is 4.45. The minimum absolute atomic E-state index is 0.0311. The van der Waals surface area contributed by atoms with Crippen LogP contribution in [0.2, 0.25) is 0 Å². The molecule has 0 aliphatic rings. The Morgan fingerprint density at radius 3 is 2.50 bits per heavy atom. The highest BCUT2D eigenvalue weighted by molar-refractivity contribution is 7.98. The maximum atomic E-state index is 11.4. The number of hydrogen-bond donors (Lipinski definition) is 1. The van der Waals surface area contributed by atoms with E-state index >= 15 is 0 Å². The summed E-state index contributed by atoms with van der Waals surface area (Å²) in [5.41, 5.74) is 1.10. The molecule has 3 nitrogen and oxygen atoms in total. The highest BCUT2D eigenvalue weighted by Gasteiger charge is 2.07. The summed E-state index contributed by atoms with van der Waals surface area (Å²) in [7, 11) is 1.75. The van der Waals surface area contributed by atoms with Gasteiger partial charge >= 0.3 is 0 Å². The number of hydrogen-bond acceptors (Lipinski definition) is 3. The molecule has 1 N–H and O–H groups in total. The van der Waals surface area contributed by atoms with Crippen LogP contribution in [-0.2, 0) is 11.3 Å². The minimum atomic E-state index is -0.0887. The molecule has 0 unspecified atom stereocenters. The van der Waals surface area contributed by atoms with E-state index in [9.17, 15) is 4.79 Å². The Hall–Kier alpha value is -1.00. The van der Waals surface area contributed by atoms with Crippen LogP contribution in [-0.4, -0.2) is 35.8 Å². The largest absolute Gasteiger partial charge is 0.396 e. The van der Waals surface area contributed by atoms with Crippen LogP contribution >= 0.6 is 11.8 Å². The van der Waals surface area contributed by atoms with Crippen molar-refractivity contribution in [2.75, 3.05) is 19.9 Å². The first-order valence-corrected chi connectivity index (χ1v) is 6.37. The molecule has 0 aromatic heterocycles. The summed E-state index contributed by atoms with van der Waals surface area (Å²) in [6.07, 6.45) is 2.23. The average Bonchev–Trinajstić information content (AvgIpc) is 2.30. The normalized spacial score (nSPS) is 10.2. The molecular weight excluding hydrogens is 222 g/mol. The summed E-state index contributed by atoms with van der Waals surface area (Å²) >= 11 is 1.70. The first-order chi connectivity index (χ1) is 7.67. The molecule has 0 radical (unpaired) electrons. The van der Waals surface area contributed by atoms with Crippen molar-refractivity contribution in [3.05, 3.63) is 29.8 Å². The van der Waals surface area contributed by atoms with Crippen LogP contribution in [0.5, 0.6) is 0 Å². The van der Waals surface area contributed by atoms with Crippen molar-refractivity contribution in [3.8, 4) is 0 Å². The zero-order valence-corrected chi connectivity index (χ0v) is 10.5. The van der Waals surface area contributed by atoms with E-state index in [1.165, 1.54) is 4.90 Å². The van der Waals surface area contributed by atoms with E-state index in [0.717, 1.165) is 5.56 Å². The molecule has 1 aromatic carbocycles. The smallest absolute Gasteiger partial charge is 0.224 e. The summed E-state index contributed by atoms with van der Waals surface area (Å²) in [6, 6.07) is 8.14. The van der Waals surface area contributed by atoms with Crippen molar-refractivity contribution in [1.82, 2.24) is 4.90 Å². The third-order valence-corrected chi connectivity index (χ3v) is 3.07. The summed E-state index contributed by atoms with van der Waals surface area (Å²) in [4.78, 5) is 14.3. The Morgan fingerprint density at radius 2 is 2.00 bits per heavy atom. The molecule has 4 heteroatoms. The summed E-state index contributed by atoms with van der Waals surface area (Å²) in [5, 5.41) is 8.67. The van der Waals surface area contributed by atoms with Crippen molar-refractivity contribution >= 4 is 17.7 Å². The first kappa shape index (κ1) is 13.1. The van der Waals surface area contributed by atoms with Gasteiger partial charge in [-0.05, 0) is 24.0 Å². The Morgan fingerprint density at radius 1 is 1.38 bits per heavy atom. The van der Waals surface area contributed by atoms with Crippen LogP contribution in [0.4, 0.5) is 0 Å². The highest BCUT2D eigenvalue weighted by Crippen LogP contribution is 2.15. The number of benzene rings is 1. The van der Waals surface area contributed by atoms with Gasteiger partial charge in [0.15, 0.2) is 0 Å². The maximum Gasteiger partial charge on any atom is 0.224 e. The van der Waals surface area contributed by atoms with Gasteiger partial charge in [0.2, 0.25) is 5.91 Å². The van der Waals surface area contributed by atoms with Crippen molar-refractivity contribution in [2.45, 2.75) is 17.9 Å². The van der Waals surface area contributed by atoms with Gasteiger partial charge in [-0.25, -0.2) is 0 Å². The molecule has 88 valence electrons. The number of nitrogens with zero attached hydrogens (tertiary/aromatic N) is 1. The van der Waals surface area contributed by atoms with Gasteiger partial charge in [-0.1, -0.05) is 12.1 Å². The Bertz CT molecular complexity index is 337. The van der Waals surface area contributed by atoms with Crippen molar-refractivity contribution in [2.24, 2.45) is 0 Å². The van der Waals surface area contributed by atoms with Crippen LogP contribution in [0.3, 0.4) is 0 Å². The molecule has 0 bridgehead atoms. The minimum Gasteiger partial charge on any atom is -0.396 e. The zero-order chi connectivity index (χ0) is 12.0. The monoisotopic (exact) mass is 239 g/mol. The number of amides is 1. The molecule has 0 saturated carbocycles. The third-order valence-electron chi connectivity index (χ3n) is 2.33. The van der Waals surface area contributed by atoms with E-state index in [-0.39, 0.29) is 18.9 Å². The van der Waals surface area contributed by atoms with Gasteiger partial charge in [-0.2, -0.15) is 0 Å². The fourth-order valence-corrected chi connectivity index (χ4v) is 1.79. The molecule has 1 aromatic rings. The van der Waals surface area contributed by atoms with Crippen LogP contribution in [0.15, 0.2) is 29.2 Å².